The van der Waals surface area contributed by atoms with Crippen LogP contribution in [0.2, 0.25) is 5.02 Å². The van der Waals surface area contributed by atoms with Crippen molar-refractivity contribution in [2.45, 2.75) is 19.9 Å². The molecule has 0 aromatic carbocycles. The van der Waals surface area contributed by atoms with Gasteiger partial charge in [0.25, 0.3) is 5.91 Å². The first-order valence-electron chi connectivity index (χ1n) is 5.61. The van der Waals surface area contributed by atoms with Crippen molar-refractivity contribution >= 4 is 34.7 Å². The molecule has 0 aliphatic rings. The van der Waals surface area contributed by atoms with Crippen LogP contribution in [0.15, 0.2) is 18.5 Å². The summed E-state index contributed by atoms with van der Waals surface area (Å²) < 4.78 is 0. The van der Waals surface area contributed by atoms with E-state index in [1.165, 1.54) is 12.3 Å². The molecule has 0 aliphatic heterocycles. The van der Waals surface area contributed by atoms with Crippen molar-refractivity contribution in [2.75, 3.05) is 5.73 Å². The lowest BCUT2D eigenvalue weighted by Gasteiger charge is -2.12. The minimum absolute atomic E-state index is 0.184. The quantitative estimate of drug-likeness (QED) is 0.912. The molecule has 7 heteroatoms. The average molecular weight is 297 g/mol. The molecule has 0 aliphatic carbocycles. The molecular weight excluding hydrogens is 284 g/mol. The van der Waals surface area contributed by atoms with Gasteiger partial charge in [-0.25, -0.2) is 9.97 Å². The molecule has 0 saturated heterocycles. The molecule has 2 aromatic rings. The van der Waals surface area contributed by atoms with Crippen molar-refractivity contribution in [3.8, 4) is 0 Å². The van der Waals surface area contributed by atoms with E-state index < -0.39 is 0 Å². The van der Waals surface area contributed by atoms with Gasteiger partial charge in [-0.15, -0.1) is 11.3 Å². The van der Waals surface area contributed by atoms with Gasteiger partial charge in [0, 0.05) is 17.3 Å². The molecule has 0 spiro atoms. The van der Waals surface area contributed by atoms with Crippen molar-refractivity contribution < 1.29 is 4.79 Å². The lowest BCUT2D eigenvalue weighted by atomic mass is 10.2. The molecular formula is C12H13ClN4OS. The maximum Gasteiger partial charge on any atom is 0.253 e. The van der Waals surface area contributed by atoms with Gasteiger partial charge in [0.2, 0.25) is 0 Å². The summed E-state index contributed by atoms with van der Waals surface area (Å²) in [6.45, 7) is 3.84. The summed E-state index contributed by atoms with van der Waals surface area (Å²) >= 11 is 7.48. The van der Waals surface area contributed by atoms with E-state index in [-0.39, 0.29) is 22.8 Å². The Bertz CT molecular complexity index is 614. The summed E-state index contributed by atoms with van der Waals surface area (Å²) in [4.78, 5) is 21.3. The lowest BCUT2D eigenvalue weighted by molar-refractivity contribution is 0.0940. The van der Waals surface area contributed by atoms with Crippen LogP contribution >= 0.6 is 22.9 Å². The maximum absolute atomic E-state index is 12.1. The van der Waals surface area contributed by atoms with Gasteiger partial charge in [-0.3, -0.25) is 4.79 Å². The van der Waals surface area contributed by atoms with E-state index in [9.17, 15) is 4.79 Å². The number of nitrogens with two attached hydrogens (primary N) is 1. The number of thiazole rings is 1. The highest BCUT2D eigenvalue weighted by atomic mass is 35.5. The number of pyridine rings is 1. The normalized spacial score (nSPS) is 12.2. The standard InChI is InChI=1S/C12H13ClN4OS/c1-6-4-16-12(19-6)7(2)17-11(18)8-3-10(14)15-5-9(8)13/h3-5,7H,1-2H3,(H2,14,15)(H,17,18). The fourth-order valence-corrected chi connectivity index (χ4v) is 2.50. The molecule has 1 unspecified atom stereocenters. The Kier molecular flexibility index (Phi) is 4.01. The van der Waals surface area contributed by atoms with Crippen molar-refractivity contribution in [3.63, 3.8) is 0 Å². The predicted molar refractivity (Wildman–Crippen MR) is 76.4 cm³/mol. The van der Waals surface area contributed by atoms with Gasteiger partial charge in [-0.05, 0) is 19.9 Å². The molecule has 2 aromatic heterocycles. The Morgan fingerprint density at radius 2 is 2.21 bits per heavy atom. The number of amides is 1. The van der Waals surface area contributed by atoms with E-state index >= 15 is 0 Å². The zero-order valence-electron chi connectivity index (χ0n) is 10.5. The number of aromatic nitrogens is 2. The number of nitrogens with one attached hydrogen (secondary N) is 1. The van der Waals surface area contributed by atoms with Gasteiger partial charge >= 0.3 is 0 Å². The highest BCUT2D eigenvalue weighted by Gasteiger charge is 2.16. The number of halogens is 1. The van der Waals surface area contributed by atoms with Crippen molar-refractivity contribution in [1.82, 2.24) is 15.3 Å². The Balaban J connectivity index is 2.15. The van der Waals surface area contributed by atoms with Gasteiger partial charge in [-0.1, -0.05) is 11.6 Å². The molecule has 0 radical (unpaired) electrons. The number of aryl methyl sites for hydroxylation is 1. The van der Waals surface area contributed by atoms with Crippen LogP contribution in [0.4, 0.5) is 5.82 Å². The van der Waals surface area contributed by atoms with Gasteiger partial charge < -0.3 is 11.1 Å². The number of nitrogens with zero attached hydrogens (tertiary/aromatic N) is 2. The van der Waals surface area contributed by atoms with Crippen molar-refractivity contribution in [1.29, 1.82) is 0 Å². The Hall–Kier alpha value is -1.66. The molecule has 5 nitrogen and oxygen atoms in total. The highest BCUT2D eigenvalue weighted by Crippen LogP contribution is 2.21. The number of hydrogen-bond acceptors (Lipinski definition) is 5. The second-order valence-electron chi connectivity index (χ2n) is 4.09. The third kappa shape index (κ3) is 3.21. The number of carbonyl (C=O) groups is 1. The first kappa shape index (κ1) is 13.8. The van der Waals surface area contributed by atoms with E-state index in [0.29, 0.717) is 5.56 Å². The first-order chi connectivity index (χ1) is 8.97. The monoisotopic (exact) mass is 296 g/mol. The van der Waals surface area contributed by atoms with E-state index in [1.807, 2.05) is 13.8 Å². The van der Waals surface area contributed by atoms with Crippen LogP contribution in [0.3, 0.4) is 0 Å². The van der Waals surface area contributed by atoms with Crippen LogP contribution in [-0.4, -0.2) is 15.9 Å². The minimum Gasteiger partial charge on any atom is -0.384 e. The number of carbonyl (C=O) groups excluding carboxylic acids is 1. The third-order valence-electron chi connectivity index (χ3n) is 2.48. The summed E-state index contributed by atoms with van der Waals surface area (Å²) in [5.41, 5.74) is 5.86. The molecule has 0 saturated carbocycles. The second-order valence-corrected chi connectivity index (χ2v) is 5.77. The predicted octanol–water partition coefficient (Wildman–Crippen LogP) is 2.57. The van der Waals surface area contributed by atoms with Gasteiger partial charge in [0.1, 0.15) is 10.8 Å². The molecule has 2 rings (SSSR count). The Morgan fingerprint density at radius 1 is 1.47 bits per heavy atom. The first-order valence-corrected chi connectivity index (χ1v) is 6.81. The smallest absolute Gasteiger partial charge is 0.253 e. The average Bonchev–Trinajstić information content (AvgIpc) is 2.79. The molecule has 3 N–H and O–H groups in total. The van der Waals surface area contributed by atoms with Crippen LogP contribution < -0.4 is 11.1 Å². The summed E-state index contributed by atoms with van der Waals surface area (Å²) in [6, 6.07) is 1.27. The molecule has 0 fully saturated rings. The van der Waals surface area contributed by atoms with Crippen LogP contribution in [0.5, 0.6) is 0 Å². The van der Waals surface area contributed by atoms with Crippen molar-refractivity contribution in [3.05, 3.63) is 38.9 Å². The second kappa shape index (κ2) is 5.54. The molecule has 2 heterocycles. The molecule has 100 valence electrons. The Morgan fingerprint density at radius 3 is 2.84 bits per heavy atom. The van der Waals surface area contributed by atoms with Crippen molar-refractivity contribution in [2.24, 2.45) is 0 Å². The molecule has 19 heavy (non-hydrogen) atoms. The van der Waals surface area contributed by atoms with Crippen LogP contribution in [0.25, 0.3) is 0 Å². The number of anilines is 1. The molecule has 1 atom stereocenters. The number of hydrogen-bond donors (Lipinski definition) is 2. The molecule has 0 bridgehead atoms. The van der Waals surface area contributed by atoms with E-state index in [0.717, 1.165) is 9.88 Å². The zero-order valence-corrected chi connectivity index (χ0v) is 12.0. The van der Waals surface area contributed by atoms with Gasteiger partial charge in [0.15, 0.2) is 0 Å². The van der Waals surface area contributed by atoms with E-state index in [2.05, 4.69) is 15.3 Å². The fourth-order valence-electron chi connectivity index (χ4n) is 1.54. The number of nitrogen functional groups attached to an aromatic ring is 1. The van der Waals surface area contributed by atoms with E-state index in [1.54, 1.807) is 17.5 Å². The number of rotatable bonds is 3. The highest BCUT2D eigenvalue weighted by molar-refractivity contribution is 7.11. The largest absolute Gasteiger partial charge is 0.384 e. The SMILES string of the molecule is Cc1cnc(C(C)NC(=O)c2cc(N)ncc2Cl)s1. The maximum atomic E-state index is 12.1. The minimum atomic E-state index is -0.292. The van der Waals surface area contributed by atoms with Crippen LogP contribution in [-0.2, 0) is 0 Å². The molecule has 1 amide bonds. The topological polar surface area (TPSA) is 80.9 Å². The van der Waals surface area contributed by atoms with Crippen LogP contribution in [0, 0.1) is 6.92 Å². The summed E-state index contributed by atoms with van der Waals surface area (Å²) in [6.07, 6.45) is 3.14. The zero-order chi connectivity index (χ0) is 14.0. The lowest BCUT2D eigenvalue weighted by Crippen LogP contribution is -2.27. The van der Waals surface area contributed by atoms with Gasteiger partial charge in [-0.2, -0.15) is 0 Å². The van der Waals surface area contributed by atoms with Gasteiger partial charge in [0.05, 0.1) is 16.6 Å². The van der Waals surface area contributed by atoms with Crippen LogP contribution in [0.1, 0.15) is 33.2 Å². The third-order valence-corrected chi connectivity index (χ3v) is 3.87. The summed E-state index contributed by atoms with van der Waals surface area (Å²) in [5, 5.41) is 3.96. The Labute approximate surface area is 119 Å². The summed E-state index contributed by atoms with van der Waals surface area (Å²) in [5.74, 6) is -0.0354. The fraction of sp³-hybridized carbons (Fsp3) is 0.250. The van der Waals surface area contributed by atoms with E-state index in [4.69, 9.17) is 17.3 Å². The summed E-state index contributed by atoms with van der Waals surface area (Å²) in [7, 11) is 0.